The lowest BCUT2D eigenvalue weighted by Crippen LogP contribution is -2.16. The number of benzene rings is 2. The fourth-order valence-corrected chi connectivity index (χ4v) is 2.42. The topological polar surface area (TPSA) is 69.2 Å². The highest BCUT2D eigenvalue weighted by Crippen LogP contribution is 2.35. The summed E-state index contributed by atoms with van der Waals surface area (Å²) >= 11 is 12.0. The lowest BCUT2D eigenvalue weighted by Gasteiger charge is -2.11. The number of ether oxygens (including phenoxy) is 2. The summed E-state index contributed by atoms with van der Waals surface area (Å²) in [5, 5.41) is 7.42. The molecule has 8 heteroatoms. The van der Waals surface area contributed by atoms with Gasteiger partial charge in [0.25, 0.3) is 5.91 Å². The van der Waals surface area contributed by atoms with Gasteiger partial charge in [0, 0.05) is 16.3 Å². The number of methoxy groups -OCH3 is 1. The van der Waals surface area contributed by atoms with Crippen LogP contribution in [0.4, 0.5) is 5.69 Å². The molecule has 0 radical (unpaired) electrons. The van der Waals surface area contributed by atoms with Gasteiger partial charge in [-0.25, -0.2) is 0 Å². The van der Waals surface area contributed by atoms with Crippen LogP contribution in [0.5, 0.6) is 11.5 Å². The van der Waals surface area contributed by atoms with Crippen molar-refractivity contribution in [2.75, 3.05) is 25.6 Å². The summed E-state index contributed by atoms with van der Waals surface area (Å²) in [5.41, 5.74) is 1.27. The molecule has 6 nitrogen and oxygen atoms in total. The van der Waals surface area contributed by atoms with Crippen LogP contribution in [0.3, 0.4) is 0 Å². The molecule has 0 saturated carbocycles. The Morgan fingerprint density at radius 1 is 1.23 bits per heavy atom. The molecule has 0 unspecified atom stereocenters. The smallest absolute Gasteiger partial charge is 0.265 e. The Labute approximate surface area is 161 Å². The van der Waals surface area contributed by atoms with E-state index in [1.807, 2.05) is 6.92 Å². The number of carbonyl (C=O) groups excluding carboxylic acids is 1. The normalized spacial score (nSPS) is 10.6. The molecule has 1 N–H and O–H groups in total. The van der Waals surface area contributed by atoms with E-state index in [0.717, 1.165) is 0 Å². The second-order valence-electron chi connectivity index (χ2n) is 5.03. The van der Waals surface area contributed by atoms with Crippen LogP contribution in [0.2, 0.25) is 10.0 Å². The first-order valence-electron chi connectivity index (χ1n) is 7.74. The number of nitrogens with zero attached hydrogens (tertiary/aromatic N) is 1. The molecule has 0 atom stereocenters. The molecule has 2 aromatic carbocycles. The monoisotopic (exact) mass is 396 g/mol. The Bertz CT molecular complexity index is 780. The van der Waals surface area contributed by atoms with Crippen molar-refractivity contribution in [3.8, 4) is 11.5 Å². The van der Waals surface area contributed by atoms with E-state index in [2.05, 4.69) is 10.5 Å². The summed E-state index contributed by atoms with van der Waals surface area (Å²) in [7, 11) is 1.52. The van der Waals surface area contributed by atoms with Crippen molar-refractivity contribution in [1.29, 1.82) is 0 Å². The fourth-order valence-electron chi connectivity index (χ4n) is 2.02. The lowest BCUT2D eigenvalue weighted by atomic mass is 10.2. The van der Waals surface area contributed by atoms with E-state index < -0.39 is 0 Å². The molecule has 1 amide bonds. The Morgan fingerprint density at radius 3 is 2.62 bits per heavy atom. The van der Waals surface area contributed by atoms with Crippen LogP contribution in [0.25, 0.3) is 0 Å². The highest BCUT2D eigenvalue weighted by Gasteiger charge is 2.11. The lowest BCUT2D eigenvalue weighted by molar-refractivity contribution is -0.120. The first-order valence-corrected chi connectivity index (χ1v) is 8.50. The summed E-state index contributed by atoms with van der Waals surface area (Å²) in [4.78, 5) is 16.8. The number of oxime groups is 1. The second-order valence-corrected chi connectivity index (χ2v) is 5.87. The van der Waals surface area contributed by atoms with Gasteiger partial charge in [0.1, 0.15) is 0 Å². The van der Waals surface area contributed by atoms with Crippen LogP contribution in [0.1, 0.15) is 12.5 Å². The van der Waals surface area contributed by atoms with Gasteiger partial charge in [-0.3, -0.25) is 4.79 Å². The summed E-state index contributed by atoms with van der Waals surface area (Å²) in [6.45, 7) is 2.09. The number of carbonyl (C=O) groups is 1. The number of hydrogen-bond acceptors (Lipinski definition) is 5. The van der Waals surface area contributed by atoms with Crippen molar-refractivity contribution in [2.45, 2.75) is 6.92 Å². The number of amides is 1. The third-order valence-corrected chi connectivity index (χ3v) is 3.67. The predicted molar refractivity (Wildman–Crippen MR) is 103 cm³/mol. The van der Waals surface area contributed by atoms with E-state index in [4.69, 9.17) is 37.5 Å². The molecule has 0 heterocycles. The van der Waals surface area contributed by atoms with Gasteiger partial charge in [-0.15, -0.1) is 0 Å². The molecule has 0 saturated heterocycles. The number of halogens is 2. The van der Waals surface area contributed by atoms with Crippen LogP contribution in [0.15, 0.2) is 41.6 Å². The average Bonchev–Trinajstić information content (AvgIpc) is 2.62. The zero-order chi connectivity index (χ0) is 18.9. The zero-order valence-electron chi connectivity index (χ0n) is 14.3. The first-order chi connectivity index (χ1) is 12.5. The molecule has 0 fully saturated rings. The summed E-state index contributed by atoms with van der Waals surface area (Å²) in [6.07, 6.45) is 1.43. The van der Waals surface area contributed by atoms with Crippen LogP contribution >= 0.6 is 23.2 Å². The zero-order valence-corrected chi connectivity index (χ0v) is 15.8. The molecule has 2 aromatic rings. The quantitative estimate of drug-likeness (QED) is 0.530. The minimum atomic E-state index is -0.341. The van der Waals surface area contributed by atoms with E-state index in [1.165, 1.54) is 13.3 Å². The van der Waals surface area contributed by atoms with Crippen LogP contribution in [-0.4, -0.2) is 32.4 Å². The molecule has 26 heavy (non-hydrogen) atoms. The van der Waals surface area contributed by atoms with Crippen LogP contribution in [-0.2, 0) is 9.63 Å². The minimum absolute atomic E-state index is 0.235. The number of nitrogens with one attached hydrogen (secondary N) is 1. The standard InChI is InChI=1S/C18H18Cl2N2O4/c1-3-25-18-15(20)8-12(9-16(18)24-2)10-21-26-11-17(23)22-14-6-4-13(19)5-7-14/h4-10H,3,11H2,1-2H3,(H,22,23)/b21-10-. The van der Waals surface area contributed by atoms with Gasteiger partial charge in [-0.1, -0.05) is 28.4 Å². The van der Waals surface area contributed by atoms with Crippen molar-refractivity contribution in [3.63, 3.8) is 0 Å². The predicted octanol–water partition coefficient (Wildman–Crippen LogP) is 4.39. The van der Waals surface area contributed by atoms with E-state index in [-0.39, 0.29) is 12.5 Å². The molecule has 0 aromatic heterocycles. The molecule has 0 bridgehead atoms. The summed E-state index contributed by atoms with van der Waals surface area (Å²) in [5.74, 6) is 0.616. The van der Waals surface area contributed by atoms with Crippen molar-refractivity contribution in [2.24, 2.45) is 5.16 Å². The first kappa shape index (κ1) is 19.9. The van der Waals surface area contributed by atoms with Gasteiger partial charge in [0.05, 0.1) is 25.0 Å². The Kier molecular flexibility index (Phi) is 7.56. The molecule has 138 valence electrons. The van der Waals surface area contributed by atoms with E-state index in [9.17, 15) is 4.79 Å². The van der Waals surface area contributed by atoms with Gasteiger partial charge in [0.15, 0.2) is 18.1 Å². The van der Waals surface area contributed by atoms with Gasteiger partial charge in [-0.05, 0) is 43.3 Å². The molecule has 0 aliphatic heterocycles. The van der Waals surface area contributed by atoms with E-state index >= 15 is 0 Å². The van der Waals surface area contributed by atoms with Gasteiger partial charge < -0.3 is 19.6 Å². The van der Waals surface area contributed by atoms with Crippen molar-refractivity contribution >= 4 is 41.0 Å². The molecular weight excluding hydrogens is 379 g/mol. The third-order valence-electron chi connectivity index (χ3n) is 3.14. The fraction of sp³-hybridized carbons (Fsp3) is 0.222. The second kappa shape index (κ2) is 9.89. The van der Waals surface area contributed by atoms with Crippen molar-refractivity contribution in [3.05, 3.63) is 52.0 Å². The number of rotatable bonds is 8. The van der Waals surface area contributed by atoms with Gasteiger partial charge >= 0.3 is 0 Å². The SMILES string of the molecule is CCOc1c(Cl)cc(/C=N\OCC(=O)Nc2ccc(Cl)cc2)cc1OC. The highest BCUT2D eigenvalue weighted by molar-refractivity contribution is 6.32. The van der Waals surface area contributed by atoms with Gasteiger partial charge in [0.2, 0.25) is 0 Å². The Hall–Kier alpha value is -2.44. The summed E-state index contributed by atoms with van der Waals surface area (Å²) in [6, 6.07) is 10.1. The molecule has 2 rings (SSSR count). The maximum Gasteiger partial charge on any atom is 0.265 e. The number of hydrogen-bond donors (Lipinski definition) is 1. The average molecular weight is 397 g/mol. The third kappa shape index (κ3) is 5.82. The van der Waals surface area contributed by atoms with Crippen molar-refractivity contribution < 1.29 is 19.1 Å². The molecule has 0 spiro atoms. The van der Waals surface area contributed by atoms with Crippen LogP contribution in [0, 0.1) is 0 Å². The molecular formula is C18H18Cl2N2O4. The Morgan fingerprint density at radius 2 is 1.96 bits per heavy atom. The Balaban J connectivity index is 1.90. The minimum Gasteiger partial charge on any atom is -0.493 e. The molecule has 0 aliphatic rings. The van der Waals surface area contributed by atoms with Gasteiger partial charge in [-0.2, -0.15) is 0 Å². The van der Waals surface area contributed by atoms with E-state index in [1.54, 1.807) is 36.4 Å². The van der Waals surface area contributed by atoms with Crippen LogP contribution < -0.4 is 14.8 Å². The summed E-state index contributed by atoms with van der Waals surface area (Å²) < 4.78 is 10.7. The molecule has 0 aliphatic carbocycles. The van der Waals surface area contributed by atoms with Crippen molar-refractivity contribution in [1.82, 2.24) is 0 Å². The maximum atomic E-state index is 11.8. The largest absolute Gasteiger partial charge is 0.493 e. The van der Waals surface area contributed by atoms with E-state index in [0.29, 0.717) is 39.4 Å². The maximum absolute atomic E-state index is 11.8. The number of anilines is 1. The highest BCUT2D eigenvalue weighted by atomic mass is 35.5.